The molecule has 0 aliphatic carbocycles. The maximum absolute atomic E-state index is 11.9. The van der Waals surface area contributed by atoms with Gasteiger partial charge in [-0.15, -0.1) is 4.52 Å². The number of anilines is 1. The number of aliphatic hydroxyl groups excluding tert-OH is 3. The molecule has 0 amide bonds. The number of aliphatic hydroxyl groups is 3. The van der Waals surface area contributed by atoms with E-state index < -0.39 is 76.2 Å². The molecular formula is C25H31N8O11P2S2+. The molecule has 2 saturated heterocycles. The van der Waals surface area contributed by atoms with E-state index in [-0.39, 0.29) is 17.0 Å². The molecule has 3 aliphatic rings. The van der Waals surface area contributed by atoms with Crippen LogP contribution in [0.3, 0.4) is 0 Å². The summed E-state index contributed by atoms with van der Waals surface area (Å²) in [5, 5.41) is 33.3. The van der Waals surface area contributed by atoms with Crippen LogP contribution in [0.5, 0.6) is 5.88 Å². The zero-order chi connectivity index (χ0) is 33.7. The smallest absolute Gasteiger partial charge is 0.477 e. The number of nitrogen functional groups attached to an aromatic ring is 1. The van der Waals surface area contributed by atoms with E-state index in [0.717, 1.165) is 24.8 Å². The van der Waals surface area contributed by atoms with E-state index in [1.807, 2.05) is 0 Å². The van der Waals surface area contributed by atoms with Crippen molar-refractivity contribution in [1.29, 1.82) is 0 Å². The number of aryl methyl sites for hydroxylation is 1. The lowest BCUT2D eigenvalue weighted by molar-refractivity contribution is -0.0537. The van der Waals surface area contributed by atoms with Crippen LogP contribution < -0.4 is 10.5 Å². The monoisotopic (exact) mass is 745 g/mol. The molecule has 4 aromatic rings. The van der Waals surface area contributed by atoms with Crippen molar-refractivity contribution < 1.29 is 52.6 Å². The number of rotatable bonds is 10. The Morgan fingerprint density at radius 1 is 1.04 bits per heavy atom. The molecule has 7 heterocycles. The van der Waals surface area contributed by atoms with Gasteiger partial charge in [-0.25, -0.2) is 24.9 Å². The minimum absolute atomic E-state index is 0.108. The van der Waals surface area contributed by atoms with E-state index in [1.165, 1.54) is 23.5 Å². The Balaban J connectivity index is 1.07. The molecule has 0 bridgehead atoms. The van der Waals surface area contributed by atoms with Crippen LogP contribution in [0, 0.1) is 0 Å². The van der Waals surface area contributed by atoms with E-state index in [1.54, 1.807) is 10.8 Å². The number of hydrogen-bond acceptors (Lipinski definition) is 17. The molecule has 0 radical (unpaired) electrons. The van der Waals surface area contributed by atoms with Crippen LogP contribution >= 0.6 is 26.2 Å². The van der Waals surface area contributed by atoms with Gasteiger partial charge in [0.25, 0.3) is 0 Å². The van der Waals surface area contributed by atoms with Crippen LogP contribution in [-0.2, 0) is 45.8 Å². The maximum atomic E-state index is 11.9. The van der Waals surface area contributed by atoms with E-state index >= 15 is 0 Å². The molecule has 6 N–H and O–H groups in total. The SMILES string of the molecule is Nc1ncnc2c1ncn2[C@@H]1O[C@H](COP(O)(=S)O[C@H]2[C@@H](O)[C@H](n3cc4c5c(ncnc53)OCCCC4)O[C@@H]2CO)[C@@H](O)[C@H]1O[P+](=O)S. The summed E-state index contributed by atoms with van der Waals surface area (Å²) in [4.78, 5) is 32.0. The number of fused-ring (bicyclic) bond motifs is 1. The van der Waals surface area contributed by atoms with Crippen LogP contribution in [0.2, 0.25) is 0 Å². The van der Waals surface area contributed by atoms with Gasteiger partial charge in [-0.05, 0) is 41.2 Å². The molecule has 2 fully saturated rings. The molecule has 2 unspecified atom stereocenters. The zero-order valence-corrected chi connectivity index (χ0v) is 28.3. The fraction of sp³-hybridized carbons (Fsp3) is 0.560. The Hall–Kier alpha value is -2.49. The van der Waals surface area contributed by atoms with Gasteiger partial charge in [-0.3, -0.25) is 9.09 Å². The average Bonchev–Trinajstić information content (AvgIpc) is 3.79. The van der Waals surface area contributed by atoms with Gasteiger partial charge in [-0.2, -0.15) is 0 Å². The normalized spacial score (nSPS) is 30.6. The first-order valence-corrected chi connectivity index (χ1v) is 19.6. The number of thiol groups is 1. The van der Waals surface area contributed by atoms with Crippen molar-refractivity contribution in [2.45, 2.75) is 68.3 Å². The number of imidazole rings is 1. The number of nitrogens with two attached hydrogens (primary N) is 1. The third kappa shape index (κ3) is 6.32. The number of aromatic nitrogens is 7. The summed E-state index contributed by atoms with van der Waals surface area (Å²) in [6, 6.07) is 0. The second-order valence-corrected chi connectivity index (χ2v) is 15.7. The van der Waals surface area contributed by atoms with E-state index in [9.17, 15) is 24.8 Å². The summed E-state index contributed by atoms with van der Waals surface area (Å²) in [6.45, 7) is -4.77. The topological polar surface area (TPSA) is 254 Å². The van der Waals surface area contributed by atoms with Gasteiger partial charge in [0, 0.05) is 6.20 Å². The van der Waals surface area contributed by atoms with Crippen LogP contribution in [0.15, 0.2) is 25.2 Å². The summed E-state index contributed by atoms with van der Waals surface area (Å²) in [5.74, 6) is 0.536. The van der Waals surface area contributed by atoms with Gasteiger partial charge in [-0.1, -0.05) is 0 Å². The Labute approximate surface area is 282 Å². The highest BCUT2D eigenvalue weighted by Crippen LogP contribution is 2.50. The minimum atomic E-state index is -4.19. The lowest BCUT2D eigenvalue weighted by Gasteiger charge is -2.26. The van der Waals surface area contributed by atoms with Crippen LogP contribution in [0.25, 0.3) is 22.2 Å². The summed E-state index contributed by atoms with van der Waals surface area (Å²) in [7, 11) is -2.50. The third-order valence-electron chi connectivity index (χ3n) is 8.34. The third-order valence-corrected chi connectivity index (χ3v) is 10.6. The maximum Gasteiger partial charge on any atom is 0.582 e. The molecule has 23 heteroatoms. The van der Waals surface area contributed by atoms with Crippen molar-refractivity contribution in [1.82, 2.24) is 34.1 Å². The molecule has 3 aliphatic heterocycles. The predicted octanol–water partition coefficient (Wildman–Crippen LogP) is 0.668. The standard InChI is InChI=1S/C25H30N8O11P2S2/c26-20-15-22(29-8-27-20)33(10-31-15)25-19(43-45(37)47)16(35)13(42-25)7-40-46(38,48)44-18-12(6-34)41-24(17(18)36)32-5-11-3-1-2-4-39-23-14(11)21(32)28-9-30-23/h5,8-10,12-13,16-19,24-25,34-36H,1-4,6-7H2,(H3-,26,27,29,37,38,47,48)/p+1/t12-,13-,16-,17-,18-,19-,24-,25-,46?/m1/s1. The Bertz CT molecular complexity index is 1890. The van der Waals surface area contributed by atoms with Crippen molar-refractivity contribution in [2.24, 2.45) is 0 Å². The summed E-state index contributed by atoms with van der Waals surface area (Å²) >= 11 is 9.07. The van der Waals surface area contributed by atoms with E-state index in [4.69, 9.17) is 45.3 Å². The van der Waals surface area contributed by atoms with Gasteiger partial charge in [0.15, 0.2) is 30.0 Å². The van der Waals surface area contributed by atoms with Gasteiger partial charge < -0.3 is 49.2 Å². The fourth-order valence-electron chi connectivity index (χ4n) is 6.14. The largest absolute Gasteiger partial charge is 0.582 e. The van der Waals surface area contributed by atoms with Crippen molar-refractivity contribution in [3.8, 4) is 5.88 Å². The molecular weight excluding hydrogens is 714 g/mol. The van der Waals surface area contributed by atoms with Crippen LogP contribution in [0.4, 0.5) is 5.82 Å². The van der Waals surface area contributed by atoms with Crippen molar-refractivity contribution in [2.75, 3.05) is 25.6 Å². The number of hydrogen-bond donors (Lipinski definition) is 6. The summed E-state index contributed by atoms with van der Waals surface area (Å²) in [5.41, 5.74) is 7.78. The number of nitrogens with zero attached hydrogens (tertiary/aromatic N) is 7. The van der Waals surface area contributed by atoms with E-state index in [2.05, 4.69) is 37.2 Å². The first kappa shape index (κ1) is 34.0. The van der Waals surface area contributed by atoms with Gasteiger partial charge in [0.1, 0.15) is 66.6 Å². The first-order chi connectivity index (χ1) is 23.1. The highest BCUT2D eigenvalue weighted by molar-refractivity contribution is 8.39. The number of ether oxygens (including phenoxy) is 3. The van der Waals surface area contributed by atoms with Crippen molar-refractivity contribution in [3.63, 3.8) is 0 Å². The van der Waals surface area contributed by atoms with Crippen LogP contribution in [0.1, 0.15) is 30.9 Å². The second kappa shape index (κ2) is 13.7. The molecule has 0 aromatic carbocycles. The Morgan fingerprint density at radius 3 is 2.60 bits per heavy atom. The highest BCUT2D eigenvalue weighted by atomic mass is 32.7. The quantitative estimate of drug-likeness (QED) is 0.0963. The molecule has 4 aromatic heterocycles. The molecule has 258 valence electrons. The molecule has 7 rings (SSSR count). The molecule has 0 spiro atoms. The minimum Gasteiger partial charge on any atom is -0.477 e. The second-order valence-electron chi connectivity index (χ2n) is 11.3. The zero-order valence-electron chi connectivity index (χ0n) is 24.8. The summed E-state index contributed by atoms with van der Waals surface area (Å²) in [6.07, 6.45) is -1.78. The predicted molar refractivity (Wildman–Crippen MR) is 171 cm³/mol. The fourth-order valence-corrected chi connectivity index (χ4v) is 8.35. The van der Waals surface area contributed by atoms with Gasteiger partial charge in [0.2, 0.25) is 5.88 Å². The Morgan fingerprint density at radius 2 is 1.81 bits per heavy atom. The van der Waals surface area contributed by atoms with Crippen molar-refractivity contribution in [3.05, 3.63) is 30.7 Å². The molecule has 48 heavy (non-hydrogen) atoms. The van der Waals surface area contributed by atoms with Gasteiger partial charge >= 0.3 is 13.9 Å². The van der Waals surface area contributed by atoms with E-state index in [0.29, 0.717) is 23.5 Å². The lowest BCUT2D eigenvalue weighted by atomic mass is 10.1. The van der Waals surface area contributed by atoms with Crippen LogP contribution in [-0.4, -0.2) is 111 Å². The average molecular weight is 746 g/mol. The van der Waals surface area contributed by atoms with Crippen molar-refractivity contribution >= 4 is 66.0 Å². The molecule has 19 nitrogen and oxygen atoms in total. The molecule has 10 atom stereocenters. The first-order valence-electron chi connectivity index (χ1n) is 14.7. The highest BCUT2D eigenvalue weighted by Gasteiger charge is 2.52. The van der Waals surface area contributed by atoms with Gasteiger partial charge in [0.05, 0.1) is 31.5 Å². The lowest BCUT2D eigenvalue weighted by Crippen LogP contribution is -2.36. The Kier molecular flexibility index (Phi) is 9.68. The summed E-state index contributed by atoms with van der Waals surface area (Å²) < 4.78 is 49.5. The molecule has 0 saturated carbocycles.